The van der Waals surface area contributed by atoms with E-state index in [9.17, 15) is 0 Å². The monoisotopic (exact) mass is 280 g/mol. The van der Waals surface area contributed by atoms with Crippen molar-refractivity contribution in [1.29, 1.82) is 0 Å². The van der Waals surface area contributed by atoms with Crippen LogP contribution in [0.15, 0.2) is 42.9 Å². The van der Waals surface area contributed by atoms with E-state index < -0.39 is 0 Å². The number of rotatable bonds is 5. The summed E-state index contributed by atoms with van der Waals surface area (Å²) in [6.45, 7) is 6.81. The number of aromatic nitrogens is 3. The summed E-state index contributed by atoms with van der Waals surface area (Å²) in [5.74, 6) is 0. The minimum Gasteiger partial charge on any atom is -0.326 e. The van der Waals surface area contributed by atoms with Crippen LogP contribution in [0.5, 0.6) is 0 Å². The molecule has 0 fully saturated rings. The minimum atomic E-state index is 0.756. The van der Waals surface area contributed by atoms with Gasteiger partial charge < -0.3 is 9.88 Å². The summed E-state index contributed by atoms with van der Waals surface area (Å²) in [6.07, 6.45) is 5.89. The van der Waals surface area contributed by atoms with Crippen LogP contribution < -0.4 is 5.32 Å². The third-order valence-corrected chi connectivity index (χ3v) is 3.72. The Morgan fingerprint density at radius 1 is 1.14 bits per heavy atom. The van der Waals surface area contributed by atoms with Crippen LogP contribution in [0.1, 0.15) is 23.7 Å². The average Bonchev–Trinajstić information content (AvgIpc) is 2.86. The van der Waals surface area contributed by atoms with Gasteiger partial charge in [-0.2, -0.15) is 0 Å². The molecule has 108 valence electrons. The maximum atomic E-state index is 4.54. The first-order valence-corrected chi connectivity index (χ1v) is 7.33. The third kappa shape index (κ3) is 2.81. The molecule has 0 unspecified atom stereocenters. The summed E-state index contributed by atoms with van der Waals surface area (Å²) in [7, 11) is 0. The number of hydrogen-bond donors (Lipinski definition) is 1. The van der Waals surface area contributed by atoms with E-state index in [1.165, 1.54) is 16.5 Å². The van der Waals surface area contributed by atoms with Crippen LogP contribution in [0, 0.1) is 6.92 Å². The van der Waals surface area contributed by atoms with Crippen molar-refractivity contribution in [1.82, 2.24) is 19.9 Å². The van der Waals surface area contributed by atoms with Gasteiger partial charge in [0, 0.05) is 30.5 Å². The highest BCUT2D eigenvalue weighted by atomic mass is 15.0. The number of pyridine rings is 2. The van der Waals surface area contributed by atoms with Crippen molar-refractivity contribution in [2.45, 2.75) is 26.9 Å². The Balaban J connectivity index is 2.00. The Morgan fingerprint density at radius 2 is 1.95 bits per heavy atom. The minimum absolute atomic E-state index is 0.756. The van der Waals surface area contributed by atoms with Crippen molar-refractivity contribution < 1.29 is 0 Å². The maximum absolute atomic E-state index is 4.54. The molecule has 0 aliphatic carbocycles. The molecule has 0 saturated carbocycles. The van der Waals surface area contributed by atoms with Gasteiger partial charge in [-0.05, 0) is 42.8 Å². The van der Waals surface area contributed by atoms with E-state index in [1.54, 1.807) is 0 Å². The zero-order valence-corrected chi connectivity index (χ0v) is 12.5. The molecule has 0 bridgehead atoms. The second-order valence-electron chi connectivity index (χ2n) is 5.20. The van der Waals surface area contributed by atoms with Crippen molar-refractivity contribution in [3.05, 3.63) is 59.7 Å². The molecule has 0 radical (unpaired) electrons. The molecule has 0 amide bonds. The molecule has 3 heterocycles. The van der Waals surface area contributed by atoms with Gasteiger partial charge in [0.15, 0.2) is 0 Å². The van der Waals surface area contributed by atoms with Gasteiger partial charge in [-0.3, -0.25) is 4.98 Å². The Labute approximate surface area is 124 Å². The summed E-state index contributed by atoms with van der Waals surface area (Å²) in [5, 5.41) is 4.60. The van der Waals surface area contributed by atoms with E-state index in [1.807, 2.05) is 24.5 Å². The molecule has 3 aromatic heterocycles. The van der Waals surface area contributed by atoms with Crippen molar-refractivity contribution >= 4 is 11.0 Å². The number of nitrogens with one attached hydrogen (secondary N) is 1. The average molecular weight is 280 g/mol. The molecule has 0 aromatic carbocycles. The first-order chi connectivity index (χ1) is 10.3. The van der Waals surface area contributed by atoms with Crippen molar-refractivity contribution in [2.24, 2.45) is 0 Å². The van der Waals surface area contributed by atoms with E-state index in [2.05, 4.69) is 52.0 Å². The fourth-order valence-corrected chi connectivity index (χ4v) is 2.56. The Hall–Kier alpha value is -2.20. The molecule has 0 spiro atoms. The van der Waals surface area contributed by atoms with Gasteiger partial charge in [0.1, 0.15) is 5.65 Å². The summed E-state index contributed by atoms with van der Waals surface area (Å²) in [6, 6.07) is 8.20. The molecule has 3 rings (SSSR count). The van der Waals surface area contributed by atoms with Gasteiger partial charge in [0.25, 0.3) is 0 Å². The molecule has 0 saturated heterocycles. The van der Waals surface area contributed by atoms with E-state index >= 15 is 0 Å². The van der Waals surface area contributed by atoms with Gasteiger partial charge in [-0.15, -0.1) is 0 Å². The normalized spacial score (nSPS) is 11.1. The van der Waals surface area contributed by atoms with Crippen LogP contribution in [0.2, 0.25) is 0 Å². The molecule has 0 atom stereocenters. The maximum Gasteiger partial charge on any atom is 0.140 e. The summed E-state index contributed by atoms with van der Waals surface area (Å²) >= 11 is 0. The van der Waals surface area contributed by atoms with Crippen LogP contribution in [0.4, 0.5) is 0 Å². The molecule has 4 nitrogen and oxygen atoms in total. The Morgan fingerprint density at radius 3 is 2.76 bits per heavy atom. The molecule has 4 heteroatoms. The SMILES string of the molecule is CCNCc1cn(Cc2ncccc2C)c2ncccc12. The first-order valence-electron chi connectivity index (χ1n) is 7.33. The van der Waals surface area contributed by atoms with Gasteiger partial charge in [0.2, 0.25) is 0 Å². The summed E-state index contributed by atoms with van der Waals surface area (Å²) in [5.41, 5.74) is 4.61. The highest BCUT2D eigenvalue weighted by molar-refractivity contribution is 5.80. The predicted molar refractivity (Wildman–Crippen MR) is 85.2 cm³/mol. The molecule has 21 heavy (non-hydrogen) atoms. The number of nitrogens with zero attached hydrogens (tertiary/aromatic N) is 3. The molecular weight excluding hydrogens is 260 g/mol. The fraction of sp³-hybridized carbons (Fsp3) is 0.294. The lowest BCUT2D eigenvalue weighted by Gasteiger charge is -2.06. The summed E-state index contributed by atoms with van der Waals surface area (Å²) < 4.78 is 2.19. The van der Waals surface area contributed by atoms with E-state index in [4.69, 9.17) is 0 Å². The topological polar surface area (TPSA) is 42.7 Å². The van der Waals surface area contributed by atoms with Gasteiger partial charge in [0.05, 0.1) is 12.2 Å². The van der Waals surface area contributed by atoms with Crippen LogP contribution in [-0.2, 0) is 13.1 Å². The Kier molecular flexibility index (Phi) is 3.97. The quantitative estimate of drug-likeness (QED) is 0.781. The molecule has 1 N–H and O–H groups in total. The zero-order chi connectivity index (χ0) is 14.7. The number of fused-ring (bicyclic) bond motifs is 1. The van der Waals surface area contributed by atoms with Crippen LogP contribution >= 0.6 is 0 Å². The highest BCUT2D eigenvalue weighted by Gasteiger charge is 2.10. The molecule has 0 aliphatic heterocycles. The highest BCUT2D eigenvalue weighted by Crippen LogP contribution is 2.20. The van der Waals surface area contributed by atoms with E-state index in [0.717, 1.165) is 31.0 Å². The molecule has 0 aliphatic rings. The second-order valence-corrected chi connectivity index (χ2v) is 5.20. The van der Waals surface area contributed by atoms with E-state index in [-0.39, 0.29) is 0 Å². The van der Waals surface area contributed by atoms with Crippen molar-refractivity contribution in [3.63, 3.8) is 0 Å². The molecular formula is C17H20N4. The number of hydrogen-bond acceptors (Lipinski definition) is 3. The van der Waals surface area contributed by atoms with Crippen LogP contribution in [0.3, 0.4) is 0 Å². The predicted octanol–water partition coefficient (Wildman–Crippen LogP) is 2.90. The molecule has 3 aromatic rings. The first kappa shape index (κ1) is 13.8. The van der Waals surface area contributed by atoms with Crippen molar-refractivity contribution in [3.8, 4) is 0 Å². The van der Waals surface area contributed by atoms with E-state index in [0.29, 0.717) is 0 Å². The van der Waals surface area contributed by atoms with Crippen molar-refractivity contribution in [2.75, 3.05) is 6.54 Å². The van der Waals surface area contributed by atoms with Gasteiger partial charge in [-0.25, -0.2) is 4.98 Å². The zero-order valence-electron chi connectivity index (χ0n) is 12.5. The van der Waals surface area contributed by atoms with Crippen LogP contribution in [0.25, 0.3) is 11.0 Å². The standard InChI is InChI=1S/C17H20N4/c1-3-18-10-14-11-21(17-15(14)7-5-9-20-17)12-16-13(2)6-4-8-19-16/h4-9,11,18H,3,10,12H2,1-2H3. The van der Waals surface area contributed by atoms with Gasteiger partial charge in [-0.1, -0.05) is 13.0 Å². The van der Waals surface area contributed by atoms with Gasteiger partial charge >= 0.3 is 0 Å². The smallest absolute Gasteiger partial charge is 0.140 e. The third-order valence-electron chi connectivity index (χ3n) is 3.72. The lowest BCUT2D eigenvalue weighted by Crippen LogP contribution is -2.11. The lowest BCUT2D eigenvalue weighted by atomic mass is 10.2. The van der Waals surface area contributed by atoms with Crippen LogP contribution in [-0.4, -0.2) is 21.1 Å². The number of aryl methyl sites for hydroxylation is 1. The lowest BCUT2D eigenvalue weighted by molar-refractivity contribution is 0.721. The largest absolute Gasteiger partial charge is 0.326 e. The second kappa shape index (κ2) is 6.06. The fourth-order valence-electron chi connectivity index (χ4n) is 2.56. The summed E-state index contributed by atoms with van der Waals surface area (Å²) in [4.78, 5) is 9.03. The Bertz CT molecular complexity index is 745.